The SMILES string of the molecule is C/C(=C/C(=O)Nc1ccc(S[C@@H](C(=O)Nc2nnc(C)s2)c2ccccc2)cc1)C(=O)O. The van der Waals surface area contributed by atoms with Gasteiger partial charge in [0.2, 0.25) is 16.9 Å². The van der Waals surface area contributed by atoms with Gasteiger partial charge in [-0.2, -0.15) is 0 Å². The van der Waals surface area contributed by atoms with Gasteiger partial charge in [0.1, 0.15) is 10.3 Å². The maximum Gasteiger partial charge on any atom is 0.331 e. The molecule has 0 unspecified atom stereocenters. The van der Waals surface area contributed by atoms with Crippen LogP contribution in [-0.4, -0.2) is 33.1 Å². The molecule has 3 rings (SSSR count). The van der Waals surface area contributed by atoms with Gasteiger partial charge in [-0.05, 0) is 43.7 Å². The van der Waals surface area contributed by atoms with Gasteiger partial charge in [-0.25, -0.2) is 4.79 Å². The van der Waals surface area contributed by atoms with Crippen molar-refractivity contribution < 1.29 is 19.5 Å². The van der Waals surface area contributed by atoms with E-state index in [0.29, 0.717) is 10.8 Å². The Hall–Kier alpha value is -3.50. The summed E-state index contributed by atoms with van der Waals surface area (Å²) in [6.07, 6.45) is 1.02. The van der Waals surface area contributed by atoms with Crippen LogP contribution in [0.5, 0.6) is 0 Å². The third-order valence-corrected chi connectivity index (χ3v) is 6.18. The van der Waals surface area contributed by atoms with E-state index in [1.165, 1.54) is 30.0 Å². The number of aryl methyl sites for hydroxylation is 1. The van der Waals surface area contributed by atoms with Crippen molar-refractivity contribution in [3.8, 4) is 0 Å². The Bertz CT molecular complexity index is 1140. The fourth-order valence-electron chi connectivity index (χ4n) is 2.61. The highest BCUT2D eigenvalue weighted by atomic mass is 32.2. The highest BCUT2D eigenvalue weighted by Crippen LogP contribution is 2.36. The monoisotopic (exact) mass is 468 g/mol. The number of hydrogen-bond donors (Lipinski definition) is 3. The molecule has 0 radical (unpaired) electrons. The molecule has 32 heavy (non-hydrogen) atoms. The number of aromatic nitrogens is 2. The molecule has 0 aliphatic rings. The first-order valence-corrected chi connectivity index (χ1v) is 11.2. The normalized spacial score (nSPS) is 12.1. The van der Waals surface area contributed by atoms with Gasteiger partial charge in [0, 0.05) is 22.2 Å². The van der Waals surface area contributed by atoms with Crippen molar-refractivity contribution in [2.75, 3.05) is 10.6 Å². The van der Waals surface area contributed by atoms with E-state index in [0.717, 1.165) is 21.5 Å². The summed E-state index contributed by atoms with van der Waals surface area (Å²) < 4.78 is 0. The Kier molecular flexibility index (Phi) is 7.74. The van der Waals surface area contributed by atoms with Gasteiger partial charge in [0.15, 0.2) is 0 Å². The highest BCUT2D eigenvalue weighted by Gasteiger charge is 2.23. The van der Waals surface area contributed by atoms with Crippen LogP contribution in [-0.2, 0) is 14.4 Å². The van der Waals surface area contributed by atoms with E-state index in [1.807, 2.05) is 37.3 Å². The fourth-order valence-corrected chi connectivity index (χ4v) is 4.23. The molecule has 10 heteroatoms. The van der Waals surface area contributed by atoms with Crippen LogP contribution >= 0.6 is 23.1 Å². The van der Waals surface area contributed by atoms with E-state index in [9.17, 15) is 14.4 Å². The minimum atomic E-state index is -1.15. The van der Waals surface area contributed by atoms with E-state index in [-0.39, 0.29) is 11.5 Å². The summed E-state index contributed by atoms with van der Waals surface area (Å²) in [6.45, 7) is 3.16. The molecule has 2 amide bonds. The summed E-state index contributed by atoms with van der Waals surface area (Å²) in [5.41, 5.74) is 1.29. The molecule has 0 aliphatic heterocycles. The molecule has 1 aromatic heterocycles. The molecule has 0 saturated carbocycles. The maximum atomic E-state index is 13.0. The predicted molar refractivity (Wildman–Crippen MR) is 125 cm³/mol. The first-order valence-electron chi connectivity index (χ1n) is 9.47. The number of nitrogens with zero attached hydrogens (tertiary/aromatic N) is 2. The minimum absolute atomic E-state index is 0.0583. The third-order valence-electron chi connectivity index (χ3n) is 4.16. The lowest BCUT2D eigenvalue weighted by Gasteiger charge is -2.16. The number of aliphatic carboxylic acids is 1. The van der Waals surface area contributed by atoms with Crippen molar-refractivity contribution in [3.05, 3.63) is 76.8 Å². The second-order valence-corrected chi connectivity index (χ2v) is 9.03. The number of carboxylic acid groups (broad SMARTS) is 1. The first-order chi connectivity index (χ1) is 15.3. The summed E-state index contributed by atoms with van der Waals surface area (Å²) in [7, 11) is 0. The second-order valence-electron chi connectivity index (χ2n) is 6.67. The Morgan fingerprint density at radius 2 is 1.72 bits per heavy atom. The van der Waals surface area contributed by atoms with Gasteiger partial charge in [0.05, 0.1) is 0 Å². The number of carbonyl (C=O) groups is 3. The lowest BCUT2D eigenvalue weighted by Crippen LogP contribution is -2.19. The number of anilines is 2. The van der Waals surface area contributed by atoms with Crippen molar-refractivity contribution in [3.63, 3.8) is 0 Å². The molecule has 3 aromatic rings. The van der Waals surface area contributed by atoms with Crippen molar-refractivity contribution >= 4 is 51.7 Å². The Balaban J connectivity index is 1.73. The molecule has 2 aromatic carbocycles. The van der Waals surface area contributed by atoms with Crippen molar-refractivity contribution in [1.29, 1.82) is 0 Å². The highest BCUT2D eigenvalue weighted by molar-refractivity contribution is 8.00. The molecule has 0 aliphatic carbocycles. The van der Waals surface area contributed by atoms with E-state index >= 15 is 0 Å². The first kappa shape index (κ1) is 23.2. The molecule has 1 atom stereocenters. The number of amides is 2. The molecule has 0 spiro atoms. The van der Waals surface area contributed by atoms with Crippen LogP contribution in [0.25, 0.3) is 0 Å². The van der Waals surface area contributed by atoms with Gasteiger partial charge < -0.3 is 10.4 Å². The van der Waals surface area contributed by atoms with Crippen LogP contribution in [0.15, 0.2) is 71.1 Å². The lowest BCUT2D eigenvalue weighted by molar-refractivity contribution is -0.132. The zero-order chi connectivity index (χ0) is 23.1. The Morgan fingerprint density at radius 1 is 1.03 bits per heavy atom. The van der Waals surface area contributed by atoms with Crippen LogP contribution in [0.3, 0.4) is 0 Å². The molecule has 8 nitrogen and oxygen atoms in total. The quantitative estimate of drug-likeness (QED) is 0.333. The molecular weight excluding hydrogens is 448 g/mol. The van der Waals surface area contributed by atoms with E-state index in [2.05, 4.69) is 20.8 Å². The van der Waals surface area contributed by atoms with Gasteiger partial charge in [-0.15, -0.1) is 22.0 Å². The van der Waals surface area contributed by atoms with Gasteiger partial charge >= 0.3 is 5.97 Å². The standard InChI is InChI=1S/C22H20N4O4S2/c1-13(21(29)30)12-18(27)23-16-8-10-17(11-9-16)32-19(15-6-4-3-5-7-15)20(28)24-22-26-25-14(2)31-22/h3-12,19H,1-2H3,(H,23,27)(H,29,30)(H,24,26,28)/b13-12-/t19-/m1/s1. The second kappa shape index (κ2) is 10.7. The maximum absolute atomic E-state index is 13.0. The van der Waals surface area contributed by atoms with Crippen LogP contribution in [0.4, 0.5) is 10.8 Å². The lowest BCUT2D eigenvalue weighted by atomic mass is 10.1. The molecule has 0 fully saturated rings. The van der Waals surface area contributed by atoms with E-state index < -0.39 is 17.1 Å². The number of hydrogen-bond acceptors (Lipinski definition) is 7. The summed E-state index contributed by atoms with van der Waals surface area (Å²) in [5, 5.41) is 22.8. The van der Waals surface area contributed by atoms with Crippen LogP contribution < -0.4 is 10.6 Å². The predicted octanol–water partition coefficient (Wildman–Crippen LogP) is 4.29. The Labute approximate surface area is 192 Å². The van der Waals surface area contributed by atoms with Crippen molar-refractivity contribution in [1.82, 2.24) is 10.2 Å². The third kappa shape index (κ3) is 6.50. The molecule has 3 N–H and O–H groups in total. The molecule has 0 bridgehead atoms. The molecule has 164 valence electrons. The van der Waals surface area contributed by atoms with Gasteiger partial charge in [0.25, 0.3) is 0 Å². The molecule has 0 saturated heterocycles. The minimum Gasteiger partial charge on any atom is -0.478 e. The van der Waals surface area contributed by atoms with Crippen molar-refractivity contribution in [2.45, 2.75) is 24.0 Å². The zero-order valence-electron chi connectivity index (χ0n) is 17.2. The number of carbonyl (C=O) groups excluding carboxylic acids is 2. The van der Waals surface area contributed by atoms with Crippen LogP contribution in [0, 0.1) is 6.92 Å². The van der Waals surface area contributed by atoms with Gasteiger partial charge in [-0.3, -0.25) is 14.9 Å². The fraction of sp³-hybridized carbons (Fsp3) is 0.136. The number of carboxylic acids is 1. The van der Waals surface area contributed by atoms with Crippen molar-refractivity contribution in [2.24, 2.45) is 0 Å². The summed E-state index contributed by atoms with van der Waals surface area (Å²) in [6, 6.07) is 16.3. The average Bonchev–Trinajstić information content (AvgIpc) is 3.18. The number of rotatable bonds is 8. The van der Waals surface area contributed by atoms with Crippen LogP contribution in [0.1, 0.15) is 22.7 Å². The van der Waals surface area contributed by atoms with E-state index in [4.69, 9.17) is 5.11 Å². The molecule has 1 heterocycles. The Morgan fingerprint density at radius 3 is 2.31 bits per heavy atom. The van der Waals surface area contributed by atoms with E-state index in [1.54, 1.807) is 24.3 Å². The number of benzene rings is 2. The smallest absolute Gasteiger partial charge is 0.331 e. The number of thioether (sulfide) groups is 1. The topological polar surface area (TPSA) is 121 Å². The summed E-state index contributed by atoms with van der Waals surface area (Å²) in [5.74, 6) is -1.90. The summed E-state index contributed by atoms with van der Waals surface area (Å²) in [4.78, 5) is 36.6. The average molecular weight is 469 g/mol. The van der Waals surface area contributed by atoms with Crippen LogP contribution in [0.2, 0.25) is 0 Å². The zero-order valence-corrected chi connectivity index (χ0v) is 18.9. The molecular formula is C22H20N4O4S2. The largest absolute Gasteiger partial charge is 0.478 e. The summed E-state index contributed by atoms with van der Waals surface area (Å²) >= 11 is 2.66. The van der Waals surface area contributed by atoms with Gasteiger partial charge in [-0.1, -0.05) is 41.7 Å². The number of nitrogens with one attached hydrogen (secondary N) is 2.